The summed E-state index contributed by atoms with van der Waals surface area (Å²) in [6, 6.07) is 14.5. The molecular formula is C21H13FN3O2-. The first-order valence-corrected chi connectivity index (χ1v) is 8.38. The van der Waals surface area contributed by atoms with Gasteiger partial charge in [0.1, 0.15) is 5.82 Å². The molecule has 4 rings (SSSR count). The van der Waals surface area contributed by atoms with Crippen LogP contribution in [0.1, 0.15) is 17.0 Å². The fourth-order valence-electron chi connectivity index (χ4n) is 4.28. The Kier molecular flexibility index (Phi) is 3.71. The van der Waals surface area contributed by atoms with Gasteiger partial charge in [-0.2, -0.15) is 10.5 Å². The van der Waals surface area contributed by atoms with E-state index >= 15 is 0 Å². The third-order valence-electron chi connectivity index (χ3n) is 5.36. The van der Waals surface area contributed by atoms with Crippen molar-refractivity contribution in [2.45, 2.75) is 18.0 Å². The first-order valence-electron chi connectivity index (χ1n) is 8.38. The lowest BCUT2D eigenvalue weighted by Gasteiger charge is -2.36. The first-order chi connectivity index (χ1) is 13.0. The van der Waals surface area contributed by atoms with Crippen molar-refractivity contribution in [1.82, 2.24) is 0 Å². The quantitative estimate of drug-likeness (QED) is 0.819. The van der Waals surface area contributed by atoms with Crippen LogP contribution in [0.5, 0.6) is 0 Å². The number of carbonyl (C=O) groups excluding carboxylic acids is 1. The number of nitriles is 2. The summed E-state index contributed by atoms with van der Waals surface area (Å²) in [4.78, 5) is 13.7. The fourth-order valence-corrected chi connectivity index (χ4v) is 4.28. The summed E-state index contributed by atoms with van der Waals surface area (Å²) >= 11 is 0. The molecule has 3 atom stereocenters. The van der Waals surface area contributed by atoms with Crippen LogP contribution in [0.15, 0.2) is 54.6 Å². The number of carboxylic acids is 1. The molecule has 2 heterocycles. The van der Waals surface area contributed by atoms with E-state index in [1.54, 1.807) is 35.3 Å². The molecule has 132 valence electrons. The van der Waals surface area contributed by atoms with Crippen LogP contribution in [0.3, 0.4) is 0 Å². The zero-order chi connectivity index (χ0) is 19.2. The van der Waals surface area contributed by atoms with Crippen LogP contribution >= 0.6 is 0 Å². The number of rotatable bonds is 2. The van der Waals surface area contributed by atoms with Gasteiger partial charge in [0.05, 0.1) is 30.2 Å². The van der Waals surface area contributed by atoms with Crippen LogP contribution in [0, 0.1) is 33.9 Å². The largest absolute Gasteiger partial charge is 0.548 e. The van der Waals surface area contributed by atoms with Crippen LogP contribution in [-0.4, -0.2) is 18.1 Å². The van der Waals surface area contributed by atoms with Gasteiger partial charge in [-0.05, 0) is 29.3 Å². The van der Waals surface area contributed by atoms with Crippen molar-refractivity contribution in [3.05, 3.63) is 71.6 Å². The highest BCUT2D eigenvalue weighted by atomic mass is 19.1. The number of aliphatic carboxylic acids is 1. The predicted molar refractivity (Wildman–Crippen MR) is 93.3 cm³/mol. The normalized spacial score (nSPS) is 24.4. The Bertz CT molecular complexity index is 1040. The molecule has 27 heavy (non-hydrogen) atoms. The summed E-state index contributed by atoms with van der Waals surface area (Å²) in [5, 5.41) is 32.1. The second-order valence-corrected chi connectivity index (χ2v) is 6.66. The highest BCUT2D eigenvalue weighted by molar-refractivity contribution is 5.86. The Balaban J connectivity index is 2.01. The number of nitrogens with zero attached hydrogens (tertiary/aromatic N) is 3. The minimum Gasteiger partial charge on any atom is -0.548 e. The van der Waals surface area contributed by atoms with Gasteiger partial charge >= 0.3 is 0 Å². The summed E-state index contributed by atoms with van der Waals surface area (Å²) in [5.41, 5.74) is -0.0343. The Labute approximate surface area is 155 Å². The molecule has 5 nitrogen and oxygen atoms in total. The van der Waals surface area contributed by atoms with Crippen molar-refractivity contribution in [2.75, 3.05) is 4.90 Å². The maximum absolute atomic E-state index is 13.9. The average molecular weight is 358 g/mol. The summed E-state index contributed by atoms with van der Waals surface area (Å²) in [5.74, 6) is -3.05. The van der Waals surface area contributed by atoms with Crippen LogP contribution in [0.2, 0.25) is 0 Å². The standard InChI is InChI=1S/C21H14FN3O2/c22-15-6-3-5-14(10-15)18-19(20(26)27)25-16-7-2-1-4-13(16)8-9-17(25)21(18,11-23)12-24/h1-10,17-19H,(H,26,27)/p-1/t17-,18-,19+/m0/s1. The number of anilines is 1. The van der Waals surface area contributed by atoms with Crippen molar-refractivity contribution in [3.8, 4) is 12.1 Å². The molecule has 0 radical (unpaired) electrons. The van der Waals surface area contributed by atoms with E-state index in [9.17, 15) is 24.8 Å². The summed E-state index contributed by atoms with van der Waals surface area (Å²) in [6.45, 7) is 0. The van der Waals surface area contributed by atoms with E-state index in [2.05, 4.69) is 0 Å². The number of halogens is 1. The van der Waals surface area contributed by atoms with Crippen molar-refractivity contribution in [2.24, 2.45) is 5.41 Å². The van der Waals surface area contributed by atoms with E-state index < -0.39 is 35.2 Å². The lowest BCUT2D eigenvalue weighted by molar-refractivity contribution is -0.307. The molecule has 2 aliphatic heterocycles. The van der Waals surface area contributed by atoms with Gasteiger partial charge in [-0.3, -0.25) is 0 Å². The maximum Gasteiger partial charge on any atom is 0.176 e. The van der Waals surface area contributed by atoms with Crippen LogP contribution in [0.25, 0.3) is 6.08 Å². The Morgan fingerprint density at radius 3 is 2.56 bits per heavy atom. The maximum atomic E-state index is 13.9. The van der Waals surface area contributed by atoms with Crippen molar-refractivity contribution in [1.29, 1.82) is 10.5 Å². The lowest BCUT2D eigenvalue weighted by Crippen LogP contribution is -2.49. The van der Waals surface area contributed by atoms with Crippen LogP contribution in [0.4, 0.5) is 10.1 Å². The third-order valence-corrected chi connectivity index (χ3v) is 5.36. The van der Waals surface area contributed by atoms with Gasteiger partial charge in [0, 0.05) is 11.6 Å². The molecule has 0 N–H and O–H groups in total. The molecule has 2 aliphatic rings. The van der Waals surface area contributed by atoms with Crippen molar-refractivity contribution >= 4 is 17.7 Å². The Morgan fingerprint density at radius 1 is 1.15 bits per heavy atom. The number of benzene rings is 2. The van der Waals surface area contributed by atoms with Gasteiger partial charge in [-0.25, -0.2) is 4.39 Å². The minimum absolute atomic E-state index is 0.285. The minimum atomic E-state index is -1.71. The summed E-state index contributed by atoms with van der Waals surface area (Å²) < 4.78 is 13.9. The van der Waals surface area contributed by atoms with E-state index in [-0.39, 0.29) is 5.56 Å². The topological polar surface area (TPSA) is 91.0 Å². The molecule has 0 saturated carbocycles. The van der Waals surface area contributed by atoms with E-state index in [0.29, 0.717) is 5.69 Å². The number of carboxylic acid groups (broad SMARTS) is 1. The monoisotopic (exact) mass is 358 g/mol. The SMILES string of the molecule is N#CC1(C#N)[C@@H]2C=Cc3ccccc3N2[C@@H](C(=O)[O-])[C@@H]1c1cccc(F)c1. The van der Waals surface area contributed by atoms with Crippen LogP contribution in [-0.2, 0) is 4.79 Å². The Morgan fingerprint density at radius 2 is 1.89 bits per heavy atom. The van der Waals surface area contributed by atoms with Gasteiger partial charge in [0.15, 0.2) is 5.41 Å². The van der Waals surface area contributed by atoms with E-state index in [0.717, 1.165) is 5.56 Å². The second-order valence-electron chi connectivity index (χ2n) is 6.66. The molecule has 1 saturated heterocycles. The smallest absolute Gasteiger partial charge is 0.176 e. The lowest BCUT2D eigenvalue weighted by atomic mass is 9.70. The molecule has 0 spiro atoms. The number of hydrogen-bond donors (Lipinski definition) is 0. The number of fused-ring (bicyclic) bond motifs is 3. The molecule has 0 bridgehead atoms. The van der Waals surface area contributed by atoms with E-state index in [4.69, 9.17) is 0 Å². The van der Waals surface area contributed by atoms with Crippen LogP contribution < -0.4 is 10.0 Å². The number of hydrogen-bond acceptors (Lipinski definition) is 5. The van der Waals surface area contributed by atoms with Gasteiger partial charge < -0.3 is 14.8 Å². The zero-order valence-electron chi connectivity index (χ0n) is 14.0. The molecular weight excluding hydrogens is 345 g/mol. The first kappa shape index (κ1) is 16.8. The van der Waals surface area contributed by atoms with Gasteiger partial charge in [0.2, 0.25) is 0 Å². The zero-order valence-corrected chi connectivity index (χ0v) is 14.0. The van der Waals surface area contributed by atoms with Gasteiger partial charge in [-0.15, -0.1) is 0 Å². The second kappa shape index (κ2) is 5.96. The molecule has 0 aliphatic carbocycles. The van der Waals surface area contributed by atoms with Crippen molar-refractivity contribution < 1.29 is 14.3 Å². The van der Waals surface area contributed by atoms with Crippen molar-refractivity contribution in [3.63, 3.8) is 0 Å². The highest BCUT2D eigenvalue weighted by Gasteiger charge is 2.61. The van der Waals surface area contributed by atoms with E-state index in [1.807, 2.05) is 24.3 Å². The highest BCUT2D eigenvalue weighted by Crippen LogP contribution is 2.54. The number of carbonyl (C=O) groups is 1. The Hall–Kier alpha value is -3.64. The molecule has 0 amide bonds. The molecule has 2 aromatic rings. The molecule has 0 aromatic heterocycles. The summed E-state index contributed by atoms with van der Waals surface area (Å²) in [6.07, 6.45) is 3.45. The average Bonchev–Trinajstić information content (AvgIpc) is 2.99. The summed E-state index contributed by atoms with van der Waals surface area (Å²) in [7, 11) is 0. The van der Waals surface area contributed by atoms with Gasteiger partial charge in [0.25, 0.3) is 0 Å². The fraction of sp³-hybridized carbons (Fsp3) is 0.190. The molecule has 0 unspecified atom stereocenters. The van der Waals surface area contributed by atoms with Gasteiger partial charge in [-0.1, -0.05) is 42.5 Å². The number of para-hydroxylation sites is 1. The molecule has 2 aromatic carbocycles. The molecule has 6 heteroatoms. The molecule has 1 fully saturated rings. The third kappa shape index (κ3) is 2.24. The predicted octanol–water partition coefficient (Wildman–Crippen LogP) is 1.98. The van der Waals surface area contributed by atoms with E-state index in [1.165, 1.54) is 18.2 Å².